The molecule has 0 unspecified atom stereocenters. The second-order valence-electron chi connectivity index (χ2n) is 5.88. The molecule has 0 radical (unpaired) electrons. The van der Waals surface area contributed by atoms with Gasteiger partial charge in [-0.2, -0.15) is 0 Å². The number of benzene rings is 1. The molecule has 0 spiro atoms. The van der Waals surface area contributed by atoms with Crippen LogP contribution in [-0.2, 0) is 13.2 Å². The van der Waals surface area contributed by atoms with E-state index >= 15 is 0 Å². The van der Waals surface area contributed by atoms with Gasteiger partial charge in [-0.05, 0) is 49.6 Å². The molecule has 3 aromatic rings. The molecule has 0 saturated heterocycles. The molecule has 2 N–H and O–H groups in total. The fourth-order valence-corrected chi connectivity index (χ4v) is 2.64. The molecule has 1 aromatic carbocycles. The zero-order valence-corrected chi connectivity index (χ0v) is 13.8. The van der Waals surface area contributed by atoms with Crippen LogP contribution in [0.1, 0.15) is 22.5 Å². The lowest BCUT2D eigenvalue weighted by Gasteiger charge is -2.11. The Morgan fingerprint density at radius 1 is 1.13 bits per heavy atom. The predicted molar refractivity (Wildman–Crippen MR) is 91.6 cm³/mol. The Morgan fingerprint density at radius 3 is 2.74 bits per heavy atom. The lowest BCUT2D eigenvalue weighted by Crippen LogP contribution is -2.14. The number of aromatic nitrogens is 3. The fraction of sp³-hybridized carbons (Fsp3) is 0.333. The quantitative estimate of drug-likeness (QED) is 0.787. The molecule has 0 bridgehead atoms. The van der Waals surface area contributed by atoms with Crippen LogP contribution in [0.15, 0.2) is 30.5 Å². The van der Waals surface area contributed by atoms with E-state index in [1.807, 2.05) is 36.7 Å². The molecular formula is C18H22N4O. The Labute approximate surface area is 136 Å². The van der Waals surface area contributed by atoms with E-state index < -0.39 is 0 Å². The Balaban J connectivity index is 1.92. The molecule has 23 heavy (non-hydrogen) atoms. The van der Waals surface area contributed by atoms with E-state index in [0.717, 1.165) is 33.9 Å². The number of aryl methyl sites for hydroxylation is 3. The van der Waals surface area contributed by atoms with Crippen molar-refractivity contribution in [3.8, 4) is 5.75 Å². The van der Waals surface area contributed by atoms with Crippen LogP contribution in [0.25, 0.3) is 11.2 Å². The fourth-order valence-electron chi connectivity index (χ4n) is 2.64. The number of pyridine rings is 1. The number of nitrogens with zero attached hydrogens (tertiary/aromatic N) is 3. The smallest absolute Gasteiger partial charge is 0.160 e. The Bertz CT molecular complexity index is 838. The summed E-state index contributed by atoms with van der Waals surface area (Å²) in [6, 6.07) is 8.24. The third-order valence-corrected chi connectivity index (χ3v) is 3.85. The molecule has 5 nitrogen and oxygen atoms in total. The van der Waals surface area contributed by atoms with Crippen LogP contribution in [0.3, 0.4) is 0 Å². The van der Waals surface area contributed by atoms with Crippen molar-refractivity contribution < 1.29 is 4.74 Å². The standard InChI is InChI=1S/C18H22N4O/c1-12-4-5-14(3)16(9-12)23-11-17-21-15-8-13(2)10-20-18(15)22(17)7-6-19/h4-5,8-10H,6-7,11,19H2,1-3H3. The van der Waals surface area contributed by atoms with Gasteiger partial charge < -0.3 is 15.0 Å². The summed E-state index contributed by atoms with van der Waals surface area (Å²) in [5, 5.41) is 0. The molecule has 2 aromatic heterocycles. The zero-order chi connectivity index (χ0) is 16.4. The summed E-state index contributed by atoms with van der Waals surface area (Å²) in [5.74, 6) is 1.74. The maximum Gasteiger partial charge on any atom is 0.160 e. The minimum absolute atomic E-state index is 0.402. The Morgan fingerprint density at radius 2 is 1.96 bits per heavy atom. The molecular weight excluding hydrogens is 288 g/mol. The first-order chi connectivity index (χ1) is 11.1. The first-order valence-corrected chi connectivity index (χ1v) is 7.80. The predicted octanol–water partition coefficient (Wildman–Crippen LogP) is 2.89. The van der Waals surface area contributed by atoms with Crippen LogP contribution < -0.4 is 10.5 Å². The summed E-state index contributed by atoms with van der Waals surface area (Å²) < 4.78 is 8.04. The van der Waals surface area contributed by atoms with E-state index in [-0.39, 0.29) is 0 Å². The SMILES string of the molecule is Cc1ccc(C)c(OCc2nc3cc(C)cnc3n2CCN)c1. The molecule has 0 aliphatic rings. The molecule has 0 fully saturated rings. The monoisotopic (exact) mass is 310 g/mol. The molecule has 0 saturated carbocycles. The number of rotatable bonds is 5. The van der Waals surface area contributed by atoms with Crippen molar-refractivity contribution >= 4 is 11.2 Å². The zero-order valence-electron chi connectivity index (χ0n) is 13.8. The average molecular weight is 310 g/mol. The second-order valence-corrected chi connectivity index (χ2v) is 5.88. The summed E-state index contributed by atoms with van der Waals surface area (Å²) in [5.41, 5.74) is 10.9. The van der Waals surface area contributed by atoms with Gasteiger partial charge in [0.15, 0.2) is 5.65 Å². The van der Waals surface area contributed by atoms with E-state index in [1.165, 1.54) is 5.56 Å². The number of ether oxygens (including phenoxy) is 1. The van der Waals surface area contributed by atoms with Crippen LogP contribution in [0.4, 0.5) is 0 Å². The highest BCUT2D eigenvalue weighted by atomic mass is 16.5. The van der Waals surface area contributed by atoms with Gasteiger partial charge in [0.25, 0.3) is 0 Å². The molecule has 2 heterocycles. The summed E-state index contributed by atoms with van der Waals surface area (Å²) in [7, 11) is 0. The van der Waals surface area contributed by atoms with E-state index in [9.17, 15) is 0 Å². The van der Waals surface area contributed by atoms with Gasteiger partial charge in [0, 0.05) is 19.3 Å². The van der Waals surface area contributed by atoms with Crippen molar-refractivity contribution in [2.45, 2.75) is 33.9 Å². The Kier molecular flexibility index (Phi) is 4.30. The van der Waals surface area contributed by atoms with Gasteiger partial charge in [-0.25, -0.2) is 9.97 Å². The highest BCUT2D eigenvalue weighted by Crippen LogP contribution is 2.21. The minimum Gasteiger partial charge on any atom is -0.485 e. The summed E-state index contributed by atoms with van der Waals surface area (Å²) in [6.45, 7) is 7.74. The van der Waals surface area contributed by atoms with Crippen LogP contribution in [0.2, 0.25) is 0 Å². The van der Waals surface area contributed by atoms with Gasteiger partial charge >= 0.3 is 0 Å². The van der Waals surface area contributed by atoms with Gasteiger partial charge in [0.1, 0.15) is 23.7 Å². The van der Waals surface area contributed by atoms with Gasteiger partial charge in [0.05, 0.1) is 0 Å². The molecule has 120 valence electrons. The van der Waals surface area contributed by atoms with Crippen LogP contribution in [-0.4, -0.2) is 21.1 Å². The van der Waals surface area contributed by atoms with Crippen molar-refractivity contribution in [2.24, 2.45) is 5.73 Å². The molecule has 3 rings (SSSR count). The third-order valence-electron chi connectivity index (χ3n) is 3.85. The average Bonchev–Trinajstić information content (AvgIpc) is 2.85. The number of hydrogen-bond acceptors (Lipinski definition) is 4. The maximum absolute atomic E-state index is 6.00. The lowest BCUT2D eigenvalue weighted by atomic mass is 10.1. The maximum atomic E-state index is 6.00. The van der Waals surface area contributed by atoms with Crippen LogP contribution >= 0.6 is 0 Å². The van der Waals surface area contributed by atoms with Gasteiger partial charge in [-0.1, -0.05) is 12.1 Å². The Hall–Kier alpha value is -2.40. The minimum atomic E-state index is 0.402. The highest BCUT2D eigenvalue weighted by Gasteiger charge is 2.12. The van der Waals surface area contributed by atoms with Gasteiger partial charge in [-0.3, -0.25) is 0 Å². The van der Waals surface area contributed by atoms with Crippen LogP contribution in [0, 0.1) is 20.8 Å². The summed E-state index contributed by atoms with van der Waals surface area (Å²) in [4.78, 5) is 9.18. The number of fused-ring (bicyclic) bond motifs is 1. The number of imidazole rings is 1. The topological polar surface area (TPSA) is 66.0 Å². The van der Waals surface area contributed by atoms with Crippen molar-refractivity contribution in [1.29, 1.82) is 0 Å². The van der Waals surface area contributed by atoms with Crippen molar-refractivity contribution in [3.63, 3.8) is 0 Å². The van der Waals surface area contributed by atoms with E-state index in [2.05, 4.69) is 29.0 Å². The van der Waals surface area contributed by atoms with Gasteiger partial charge in [-0.15, -0.1) is 0 Å². The first-order valence-electron chi connectivity index (χ1n) is 7.80. The summed E-state index contributed by atoms with van der Waals surface area (Å²) in [6.07, 6.45) is 1.85. The lowest BCUT2D eigenvalue weighted by molar-refractivity contribution is 0.288. The first kappa shape index (κ1) is 15.5. The van der Waals surface area contributed by atoms with E-state index in [0.29, 0.717) is 19.7 Å². The molecule has 0 amide bonds. The van der Waals surface area contributed by atoms with E-state index in [1.54, 1.807) is 0 Å². The largest absolute Gasteiger partial charge is 0.485 e. The molecule has 0 aliphatic carbocycles. The normalized spacial score (nSPS) is 11.1. The molecule has 0 aliphatic heterocycles. The van der Waals surface area contributed by atoms with Crippen molar-refractivity contribution in [3.05, 3.63) is 53.0 Å². The van der Waals surface area contributed by atoms with Crippen LogP contribution in [0.5, 0.6) is 5.75 Å². The van der Waals surface area contributed by atoms with Crippen molar-refractivity contribution in [2.75, 3.05) is 6.54 Å². The third kappa shape index (κ3) is 3.19. The van der Waals surface area contributed by atoms with Crippen molar-refractivity contribution in [1.82, 2.24) is 14.5 Å². The van der Waals surface area contributed by atoms with Gasteiger partial charge in [0.2, 0.25) is 0 Å². The number of hydrogen-bond donors (Lipinski definition) is 1. The van der Waals surface area contributed by atoms with E-state index in [4.69, 9.17) is 10.5 Å². The molecule has 5 heteroatoms. The second kappa shape index (κ2) is 6.38. The molecule has 0 atom stereocenters. The highest BCUT2D eigenvalue weighted by molar-refractivity contribution is 5.72. The summed E-state index contributed by atoms with van der Waals surface area (Å²) >= 11 is 0. The number of nitrogens with two attached hydrogens (primary N) is 1.